The van der Waals surface area contributed by atoms with Gasteiger partial charge in [0.1, 0.15) is 11.9 Å². The van der Waals surface area contributed by atoms with Crippen LogP contribution in [0.15, 0.2) is 54.6 Å². The summed E-state index contributed by atoms with van der Waals surface area (Å²) < 4.78 is 19.9. The zero-order chi connectivity index (χ0) is 14.4. The molecule has 3 heteroatoms. The van der Waals surface area contributed by atoms with Gasteiger partial charge >= 0.3 is 0 Å². The van der Waals surface area contributed by atoms with E-state index in [0.717, 1.165) is 5.56 Å². The minimum atomic E-state index is -0.224. The number of rotatable bonds is 6. The van der Waals surface area contributed by atoms with E-state index in [0.29, 0.717) is 12.2 Å². The molecule has 2 aromatic rings. The molecule has 0 saturated carbocycles. The summed E-state index contributed by atoms with van der Waals surface area (Å²) in [5.74, 6) is -0.215. The summed E-state index contributed by atoms with van der Waals surface area (Å²) in [4.78, 5) is 0. The maximum Gasteiger partial charge on any atom is 0.128 e. The van der Waals surface area contributed by atoms with Crippen molar-refractivity contribution in [3.05, 3.63) is 71.5 Å². The first-order chi connectivity index (χ1) is 9.77. The standard InChI is InChI=1S/C17H20FNO/c1-3-20-17(13-9-5-4-6-10-13)16(19-2)14-11-7-8-12-15(14)18/h4-12,16-17,19H,3H2,1-2H3. The van der Waals surface area contributed by atoms with E-state index >= 15 is 0 Å². The first-order valence-corrected chi connectivity index (χ1v) is 6.86. The fraction of sp³-hybridized carbons (Fsp3) is 0.294. The van der Waals surface area contributed by atoms with Gasteiger partial charge in [0.25, 0.3) is 0 Å². The highest BCUT2D eigenvalue weighted by Crippen LogP contribution is 2.32. The molecule has 0 spiro atoms. The molecule has 0 heterocycles. The summed E-state index contributed by atoms with van der Waals surface area (Å²) in [6.45, 7) is 2.52. The van der Waals surface area contributed by atoms with Crippen molar-refractivity contribution in [2.45, 2.75) is 19.1 Å². The molecule has 106 valence electrons. The molecule has 0 aliphatic carbocycles. The summed E-state index contributed by atoms with van der Waals surface area (Å²) in [6.07, 6.45) is -0.219. The van der Waals surface area contributed by atoms with Crippen molar-refractivity contribution in [2.75, 3.05) is 13.7 Å². The Bertz CT molecular complexity index is 530. The van der Waals surface area contributed by atoms with Gasteiger partial charge in [0.2, 0.25) is 0 Å². The second kappa shape index (κ2) is 7.17. The molecule has 0 saturated heterocycles. The molecule has 2 aromatic carbocycles. The number of nitrogens with one attached hydrogen (secondary N) is 1. The van der Waals surface area contributed by atoms with Crippen LogP contribution in [0.25, 0.3) is 0 Å². The Hall–Kier alpha value is -1.71. The first-order valence-electron chi connectivity index (χ1n) is 6.86. The van der Waals surface area contributed by atoms with E-state index in [9.17, 15) is 4.39 Å². The van der Waals surface area contributed by atoms with E-state index in [1.54, 1.807) is 12.1 Å². The lowest BCUT2D eigenvalue weighted by Gasteiger charge is -2.28. The average molecular weight is 273 g/mol. The lowest BCUT2D eigenvalue weighted by molar-refractivity contribution is 0.0338. The van der Waals surface area contributed by atoms with Crippen LogP contribution in [0.5, 0.6) is 0 Å². The van der Waals surface area contributed by atoms with Crippen molar-refractivity contribution in [1.29, 1.82) is 0 Å². The SMILES string of the molecule is CCOC(c1ccccc1)C(NC)c1ccccc1F. The Morgan fingerprint density at radius 1 is 1.05 bits per heavy atom. The highest BCUT2D eigenvalue weighted by molar-refractivity contribution is 5.27. The molecule has 0 amide bonds. The highest BCUT2D eigenvalue weighted by atomic mass is 19.1. The Kier molecular flexibility index (Phi) is 5.27. The number of hydrogen-bond donors (Lipinski definition) is 1. The average Bonchev–Trinajstić information content (AvgIpc) is 2.50. The van der Waals surface area contributed by atoms with Crippen molar-refractivity contribution >= 4 is 0 Å². The molecule has 1 N–H and O–H groups in total. The van der Waals surface area contributed by atoms with Crippen LogP contribution < -0.4 is 5.32 Å². The second-order valence-corrected chi connectivity index (χ2v) is 4.57. The van der Waals surface area contributed by atoms with Gasteiger partial charge in [0, 0.05) is 12.2 Å². The Morgan fingerprint density at radius 3 is 2.30 bits per heavy atom. The number of hydrogen-bond acceptors (Lipinski definition) is 2. The van der Waals surface area contributed by atoms with Gasteiger partial charge in [-0.05, 0) is 25.6 Å². The zero-order valence-corrected chi connectivity index (χ0v) is 11.8. The summed E-state index contributed by atoms with van der Waals surface area (Å²) in [6, 6.07) is 16.5. The van der Waals surface area contributed by atoms with E-state index in [1.165, 1.54) is 6.07 Å². The molecule has 0 radical (unpaired) electrons. The molecule has 2 rings (SSSR count). The smallest absolute Gasteiger partial charge is 0.128 e. The Labute approximate surface area is 119 Å². The third-order valence-electron chi connectivity index (χ3n) is 3.33. The van der Waals surface area contributed by atoms with Crippen LogP contribution in [0.4, 0.5) is 4.39 Å². The van der Waals surface area contributed by atoms with Crippen LogP contribution in [0.1, 0.15) is 30.2 Å². The Morgan fingerprint density at radius 2 is 1.70 bits per heavy atom. The molecule has 2 atom stereocenters. The van der Waals surface area contributed by atoms with Gasteiger partial charge in [-0.25, -0.2) is 4.39 Å². The third kappa shape index (κ3) is 3.24. The van der Waals surface area contributed by atoms with Gasteiger partial charge < -0.3 is 10.1 Å². The molecule has 0 bridgehead atoms. The molecule has 0 aliphatic heterocycles. The van der Waals surface area contributed by atoms with Crippen molar-refractivity contribution in [3.8, 4) is 0 Å². The fourth-order valence-corrected chi connectivity index (χ4v) is 2.40. The predicted octanol–water partition coefficient (Wildman–Crippen LogP) is 3.86. The highest BCUT2D eigenvalue weighted by Gasteiger charge is 2.25. The summed E-state index contributed by atoms with van der Waals surface area (Å²) in [7, 11) is 1.83. The molecule has 0 aromatic heterocycles. The van der Waals surface area contributed by atoms with E-state index < -0.39 is 0 Å². The fourth-order valence-electron chi connectivity index (χ4n) is 2.40. The van der Waals surface area contributed by atoms with Gasteiger partial charge in [-0.15, -0.1) is 0 Å². The van der Waals surface area contributed by atoms with Crippen molar-refractivity contribution < 1.29 is 9.13 Å². The van der Waals surface area contributed by atoms with E-state index in [-0.39, 0.29) is 18.0 Å². The molecular weight excluding hydrogens is 253 g/mol. The van der Waals surface area contributed by atoms with Crippen molar-refractivity contribution in [3.63, 3.8) is 0 Å². The molecule has 0 fully saturated rings. The molecular formula is C17H20FNO. The van der Waals surface area contributed by atoms with E-state index in [2.05, 4.69) is 5.32 Å². The maximum atomic E-state index is 14.0. The summed E-state index contributed by atoms with van der Waals surface area (Å²) in [5, 5.41) is 3.18. The minimum Gasteiger partial charge on any atom is -0.372 e. The van der Waals surface area contributed by atoms with Crippen LogP contribution in [0.3, 0.4) is 0 Å². The van der Waals surface area contributed by atoms with E-state index in [4.69, 9.17) is 4.74 Å². The van der Waals surface area contributed by atoms with Crippen LogP contribution in [-0.2, 0) is 4.74 Å². The number of ether oxygens (including phenoxy) is 1. The predicted molar refractivity (Wildman–Crippen MR) is 79.0 cm³/mol. The largest absolute Gasteiger partial charge is 0.372 e. The third-order valence-corrected chi connectivity index (χ3v) is 3.33. The van der Waals surface area contributed by atoms with Crippen molar-refractivity contribution in [1.82, 2.24) is 5.32 Å². The van der Waals surface area contributed by atoms with Crippen LogP contribution >= 0.6 is 0 Å². The monoisotopic (exact) mass is 273 g/mol. The Balaban J connectivity index is 2.38. The lowest BCUT2D eigenvalue weighted by Crippen LogP contribution is -2.26. The molecule has 2 nitrogen and oxygen atoms in total. The van der Waals surface area contributed by atoms with Gasteiger partial charge in [0.05, 0.1) is 6.04 Å². The zero-order valence-electron chi connectivity index (χ0n) is 11.8. The molecule has 0 aliphatic rings. The topological polar surface area (TPSA) is 21.3 Å². The number of likely N-dealkylation sites (N-methyl/N-ethyl adjacent to an activating group) is 1. The summed E-state index contributed by atoms with van der Waals surface area (Å²) in [5.41, 5.74) is 1.66. The normalized spacial score (nSPS) is 13.9. The quantitative estimate of drug-likeness (QED) is 0.862. The maximum absolute atomic E-state index is 14.0. The van der Waals surface area contributed by atoms with Gasteiger partial charge in [-0.1, -0.05) is 48.5 Å². The van der Waals surface area contributed by atoms with Crippen LogP contribution in [0.2, 0.25) is 0 Å². The van der Waals surface area contributed by atoms with Gasteiger partial charge in [0.15, 0.2) is 0 Å². The summed E-state index contributed by atoms with van der Waals surface area (Å²) >= 11 is 0. The minimum absolute atomic E-state index is 0.215. The first kappa shape index (κ1) is 14.7. The lowest BCUT2D eigenvalue weighted by atomic mass is 9.95. The van der Waals surface area contributed by atoms with Gasteiger partial charge in [-0.2, -0.15) is 0 Å². The van der Waals surface area contributed by atoms with Crippen molar-refractivity contribution in [2.24, 2.45) is 0 Å². The molecule has 2 unspecified atom stereocenters. The van der Waals surface area contributed by atoms with E-state index in [1.807, 2.05) is 50.4 Å². The molecule has 20 heavy (non-hydrogen) atoms. The van der Waals surface area contributed by atoms with Crippen LogP contribution in [0, 0.1) is 5.82 Å². The second-order valence-electron chi connectivity index (χ2n) is 4.57. The number of halogens is 1. The van der Waals surface area contributed by atoms with Crippen LogP contribution in [-0.4, -0.2) is 13.7 Å². The van der Waals surface area contributed by atoms with Gasteiger partial charge in [-0.3, -0.25) is 0 Å². The number of benzene rings is 2.